The van der Waals surface area contributed by atoms with Gasteiger partial charge in [-0.3, -0.25) is 13.9 Å². The number of likely N-dealkylation sites (N-methyl/N-ethyl adjacent to an activating group) is 1. The first-order valence-electron chi connectivity index (χ1n) is 13.3. The highest BCUT2D eigenvalue weighted by molar-refractivity contribution is 7.92. The summed E-state index contributed by atoms with van der Waals surface area (Å²) in [6.45, 7) is -0.580. The van der Waals surface area contributed by atoms with Crippen LogP contribution in [0.1, 0.15) is 11.1 Å². The van der Waals surface area contributed by atoms with Crippen molar-refractivity contribution in [2.45, 2.75) is 23.9 Å². The number of carbonyl (C=O) groups is 2. The fraction of sp³-hybridized carbons (Fsp3) is 0.188. The van der Waals surface area contributed by atoms with Gasteiger partial charge in [-0.1, -0.05) is 71.7 Å². The van der Waals surface area contributed by atoms with E-state index in [0.29, 0.717) is 21.4 Å². The first-order chi connectivity index (χ1) is 20.6. The van der Waals surface area contributed by atoms with Crippen molar-refractivity contribution in [2.75, 3.05) is 25.0 Å². The highest BCUT2D eigenvalue weighted by atomic mass is 35.5. The van der Waals surface area contributed by atoms with Crippen LogP contribution in [0.5, 0.6) is 5.75 Å². The highest BCUT2D eigenvalue weighted by Gasteiger charge is 2.34. The van der Waals surface area contributed by atoms with Crippen LogP contribution in [-0.2, 0) is 32.6 Å². The number of nitrogens with zero attached hydrogens (tertiary/aromatic N) is 2. The highest BCUT2D eigenvalue weighted by Crippen LogP contribution is 2.28. The maximum absolute atomic E-state index is 14.3. The fourth-order valence-electron chi connectivity index (χ4n) is 4.58. The van der Waals surface area contributed by atoms with Crippen molar-refractivity contribution < 1.29 is 22.7 Å². The second-order valence-corrected chi connectivity index (χ2v) is 12.4. The number of hydrogen-bond donors (Lipinski definition) is 1. The number of carbonyl (C=O) groups excluding carboxylic acids is 2. The van der Waals surface area contributed by atoms with E-state index in [-0.39, 0.29) is 23.5 Å². The minimum atomic E-state index is -4.26. The number of methoxy groups -OCH3 is 1. The molecule has 1 atom stereocenters. The van der Waals surface area contributed by atoms with Gasteiger partial charge in [0.25, 0.3) is 10.0 Å². The Morgan fingerprint density at radius 2 is 1.51 bits per heavy atom. The molecular weight excluding hydrogens is 609 g/mol. The van der Waals surface area contributed by atoms with Crippen LogP contribution in [0.25, 0.3) is 0 Å². The van der Waals surface area contributed by atoms with E-state index in [2.05, 4.69) is 5.32 Å². The lowest BCUT2D eigenvalue weighted by Crippen LogP contribution is -2.53. The molecule has 0 spiro atoms. The fourth-order valence-corrected chi connectivity index (χ4v) is 6.30. The monoisotopic (exact) mass is 639 g/mol. The predicted molar refractivity (Wildman–Crippen MR) is 169 cm³/mol. The molecule has 224 valence electrons. The molecule has 0 aromatic heterocycles. The number of anilines is 1. The van der Waals surface area contributed by atoms with E-state index < -0.39 is 34.4 Å². The Morgan fingerprint density at radius 1 is 0.837 bits per heavy atom. The number of halogens is 2. The van der Waals surface area contributed by atoms with Gasteiger partial charge >= 0.3 is 0 Å². The normalized spacial score (nSPS) is 11.8. The molecule has 1 N–H and O–H groups in total. The Morgan fingerprint density at radius 3 is 2.16 bits per heavy atom. The summed E-state index contributed by atoms with van der Waals surface area (Å²) >= 11 is 12.3. The summed E-state index contributed by atoms with van der Waals surface area (Å²) in [5.74, 6) is -0.407. The minimum absolute atomic E-state index is 0.0192. The standard InChI is InChI=1S/C32H31Cl2N3O5S/c1-35-32(39)30(19-23-8-4-3-5-9-23)36(21-24-10-6-13-28(18-24)42-2)31(38)22-37(27-12-7-11-26(34)20-27)43(40,41)29-16-14-25(33)15-17-29/h3-18,20,30H,19,21-22H2,1-2H3,(H,35,39)/t30-/m0/s1. The summed E-state index contributed by atoms with van der Waals surface area (Å²) in [6.07, 6.45) is 0.206. The van der Waals surface area contributed by atoms with Gasteiger partial charge in [0.2, 0.25) is 11.8 Å². The largest absolute Gasteiger partial charge is 0.497 e. The van der Waals surface area contributed by atoms with Gasteiger partial charge in [0, 0.05) is 30.1 Å². The van der Waals surface area contributed by atoms with E-state index in [4.69, 9.17) is 27.9 Å². The van der Waals surface area contributed by atoms with Crippen molar-refractivity contribution in [3.8, 4) is 5.75 Å². The van der Waals surface area contributed by atoms with Crippen molar-refractivity contribution in [1.82, 2.24) is 10.2 Å². The second-order valence-electron chi connectivity index (χ2n) is 9.64. The van der Waals surface area contributed by atoms with Crippen molar-refractivity contribution >= 4 is 50.7 Å². The van der Waals surface area contributed by atoms with E-state index in [9.17, 15) is 18.0 Å². The molecule has 0 saturated carbocycles. The molecule has 0 aliphatic carbocycles. The van der Waals surface area contributed by atoms with E-state index in [1.807, 2.05) is 36.4 Å². The van der Waals surface area contributed by atoms with E-state index in [1.54, 1.807) is 36.4 Å². The summed E-state index contributed by atoms with van der Waals surface area (Å²) in [4.78, 5) is 29.0. The Balaban J connectivity index is 1.79. The van der Waals surface area contributed by atoms with Gasteiger partial charge < -0.3 is 15.0 Å². The molecule has 0 bridgehead atoms. The van der Waals surface area contributed by atoms with Crippen molar-refractivity contribution in [3.05, 3.63) is 124 Å². The summed E-state index contributed by atoms with van der Waals surface area (Å²) < 4.78 is 34.3. The zero-order chi connectivity index (χ0) is 31.0. The molecule has 2 amide bonds. The molecule has 0 fully saturated rings. The SMILES string of the molecule is CNC(=O)[C@H](Cc1ccccc1)N(Cc1cccc(OC)c1)C(=O)CN(c1cccc(Cl)c1)S(=O)(=O)c1ccc(Cl)cc1. The molecule has 4 aromatic rings. The number of benzene rings is 4. The lowest BCUT2D eigenvalue weighted by molar-refractivity contribution is -0.139. The second kappa shape index (κ2) is 14.4. The Hall–Kier alpha value is -4.05. The molecule has 0 aliphatic rings. The molecule has 43 heavy (non-hydrogen) atoms. The number of amides is 2. The molecule has 4 aromatic carbocycles. The van der Waals surface area contributed by atoms with Crippen LogP contribution >= 0.6 is 23.2 Å². The van der Waals surface area contributed by atoms with Gasteiger partial charge in [0.15, 0.2) is 0 Å². The summed E-state index contributed by atoms with van der Waals surface area (Å²) in [5.41, 5.74) is 1.72. The Labute approximate surface area is 261 Å². The van der Waals surface area contributed by atoms with Gasteiger partial charge in [-0.2, -0.15) is 0 Å². The van der Waals surface area contributed by atoms with E-state index in [0.717, 1.165) is 9.87 Å². The summed E-state index contributed by atoms with van der Waals surface area (Å²) in [6, 6.07) is 27.4. The molecule has 0 heterocycles. The first-order valence-corrected chi connectivity index (χ1v) is 15.5. The number of sulfonamides is 1. The quantitative estimate of drug-likeness (QED) is 0.218. The minimum Gasteiger partial charge on any atom is -0.497 e. The van der Waals surface area contributed by atoms with Gasteiger partial charge in [-0.25, -0.2) is 8.42 Å². The van der Waals surface area contributed by atoms with Crippen molar-refractivity contribution in [2.24, 2.45) is 0 Å². The Kier molecular flexibility index (Phi) is 10.7. The zero-order valence-corrected chi connectivity index (χ0v) is 25.9. The maximum Gasteiger partial charge on any atom is 0.264 e. The van der Waals surface area contributed by atoms with Gasteiger partial charge in [-0.05, 0) is 65.7 Å². The lowest BCUT2D eigenvalue weighted by atomic mass is 10.0. The van der Waals surface area contributed by atoms with Crippen LogP contribution in [0.3, 0.4) is 0 Å². The lowest BCUT2D eigenvalue weighted by Gasteiger charge is -2.33. The smallest absolute Gasteiger partial charge is 0.264 e. The van der Waals surface area contributed by atoms with Crippen LogP contribution in [0.4, 0.5) is 5.69 Å². The molecule has 0 aliphatic heterocycles. The summed E-state index contributed by atoms with van der Waals surface area (Å²) in [5, 5.41) is 3.32. The van der Waals surface area contributed by atoms with Crippen molar-refractivity contribution in [1.29, 1.82) is 0 Å². The molecule has 4 rings (SSSR count). The van der Waals surface area contributed by atoms with Crippen molar-refractivity contribution in [3.63, 3.8) is 0 Å². The van der Waals surface area contributed by atoms with E-state index in [1.165, 1.54) is 49.4 Å². The Bertz CT molecular complexity index is 1670. The van der Waals surface area contributed by atoms with Crippen LogP contribution in [0.15, 0.2) is 108 Å². The van der Waals surface area contributed by atoms with Crippen LogP contribution in [-0.4, -0.2) is 51.9 Å². The molecule has 0 saturated heterocycles. The average molecular weight is 641 g/mol. The molecular formula is C32H31Cl2N3O5S. The number of hydrogen-bond acceptors (Lipinski definition) is 5. The van der Waals surface area contributed by atoms with Gasteiger partial charge in [0.05, 0.1) is 17.7 Å². The van der Waals surface area contributed by atoms with Crippen LogP contribution in [0.2, 0.25) is 10.0 Å². The molecule has 0 radical (unpaired) electrons. The van der Waals surface area contributed by atoms with Crippen LogP contribution < -0.4 is 14.4 Å². The average Bonchev–Trinajstić information content (AvgIpc) is 3.01. The topological polar surface area (TPSA) is 96.0 Å². The number of rotatable bonds is 12. The maximum atomic E-state index is 14.3. The van der Waals surface area contributed by atoms with E-state index >= 15 is 0 Å². The van der Waals surface area contributed by atoms with Gasteiger partial charge in [0.1, 0.15) is 18.3 Å². The third-order valence-electron chi connectivity index (χ3n) is 6.78. The zero-order valence-electron chi connectivity index (χ0n) is 23.6. The molecule has 8 nitrogen and oxygen atoms in total. The van der Waals surface area contributed by atoms with Gasteiger partial charge in [-0.15, -0.1) is 0 Å². The third kappa shape index (κ3) is 8.07. The third-order valence-corrected chi connectivity index (χ3v) is 9.06. The predicted octanol–water partition coefficient (Wildman–Crippen LogP) is 5.58. The number of nitrogens with one attached hydrogen (secondary N) is 1. The van der Waals surface area contributed by atoms with Crippen LogP contribution in [0, 0.1) is 0 Å². The summed E-state index contributed by atoms with van der Waals surface area (Å²) in [7, 11) is -1.23. The first kappa shape index (κ1) is 31.9. The molecule has 11 heteroatoms. The number of ether oxygens (including phenoxy) is 1. The molecule has 0 unspecified atom stereocenters.